The number of para-hydroxylation sites is 1. The molecule has 2 nitrogen and oxygen atoms in total. The summed E-state index contributed by atoms with van der Waals surface area (Å²) < 4.78 is 6.09. The molecule has 0 radical (unpaired) electrons. The summed E-state index contributed by atoms with van der Waals surface area (Å²) in [6, 6.07) is 14.4. The number of ether oxygens (including phenoxy) is 1. The van der Waals surface area contributed by atoms with E-state index in [1.54, 1.807) is 0 Å². The van der Waals surface area contributed by atoms with Gasteiger partial charge in [-0.3, -0.25) is 4.98 Å². The fourth-order valence-electron chi connectivity index (χ4n) is 2.52. The van der Waals surface area contributed by atoms with Crippen LogP contribution in [0.5, 0.6) is 5.75 Å². The van der Waals surface area contributed by atoms with E-state index in [4.69, 9.17) is 4.74 Å². The van der Waals surface area contributed by atoms with Crippen LogP contribution in [0.2, 0.25) is 0 Å². The molecular formula is C20H27NO. The van der Waals surface area contributed by atoms with Crippen molar-refractivity contribution in [3.8, 4) is 5.75 Å². The predicted octanol–water partition coefficient (Wildman–Crippen LogP) is 5.13. The number of hydrogen-bond donors (Lipinski definition) is 0. The SMILES string of the molecule is CC(C)(C)c1ccccc1OCCC(C)(C)c1ccccn1. The molecule has 0 aliphatic rings. The van der Waals surface area contributed by atoms with Gasteiger partial charge < -0.3 is 4.74 Å². The van der Waals surface area contributed by atoms with Crippen molar-refractivity contribution in [1.29, 1.82) is 0 Å². The zero-order valence-electron chi connectivity index (χ0n) is 14.4. The average Bonchev–Trinajstić information content (AvgIpc) is 2.47. The van der Waals surface area contributed by atoms with Crippen molar-refractivity contribution < 1.29 is 4.74 Å². The summed E-state index contributed by atoms with van der Waals surface area (Å²) in [5, 5.41) is 0. The number of aromatic nitrogens is 1. The standard InChI is InChI=1S/C20H27NO/c1-19(2,3)16-10-6-7-11-17(16)22-15-13-20(4,5)18-12-8-9-14-21-18/h6-12,14H,13,15H2,1-5H3. The molecule has 1 aromatic heterocycles. The number of benzene rings is 1. The van der Waals surface area contributed by atoms with Gasteiger partial charge in [0.2, 0.25) is 0 Å². The van der Waals surface area contributed by atoms with Gasteiger partial charge in [-0.15, -0.1) is 0 Å². The maximum atomic E-state index is 6.09. The van der Waals surface area contributed by atoms with E-state index in [-0.39, 0.29) is 10.8 Å². The third-order valence-corrected chi connectivity index (χ3v) is 4.04. The summed E-state index contributed by atoms with van der Waals surface area (Å²) in [6.45, 7) is 11.8. The maximum absolute atomic E-state index is 6.09. The minimum absolute atomic E-state index is 0.0118. The molecule has 2 heteroatoms. The maximum Gasteiger partial charge on any atom is 0.123 e. The molecule has 0 aliphatic carbocycles. The van der Waals surface area contributed by atoms with E-state index in [0.29, 0.717) is 6.61 Å². The highest BCUT2D eigenvalue weighted by Crippen LogP contribution is 2.32. The first-order valence-corrected chi connectivity index (χ1v) is 7.94. The molecule has 0 bridgehead atoms. The summed E-state index contributed by atoms with van der Waals surface area (Å²) in [6.07, 6.45) is 2.79. The lowest BCUT2D eigenvalue weighted by molar-refractivity contribution is 0.265. The van der Waals surface area contributed by atoms with Crippen LogP contribution in [0.15, 0.2) is 48.7 Å². The van der Waals surface area contributed by atoms with E-state index in [0.717, 1.165) is 17.9 Å². The lowest BCUT2D eigenvalue weighted by Gasteiger charge is -2.26. The average molecular weight is 297 g/mol. The summed E-state index contributed by atoms with van der Waals surface area (Å²) >= 11 is 0. The van der Waals surface area contributed by atoms with E-state index in [2.05, 4.69) is 63.9 Å². The van der Waals surface area contributed by atoms with E-state index in [9.17, 15) is 0 Å². The highest BCUT2D eigenvalue weighted by Gasteiger charge is 2.23. The molecule has 118 valence electrons. The van der Waals surface area contributed by atoms with Crippen molar-refractivity contribution in [2.45, 2.75) is 51.9 Å². The zero-order valence-corrected chi connectivity index (χ0v) is 14.4. The lowest BCUT2D eigenvalue weighted by Crippen LogP contribution is -2.22. The second kappa shape index (κ2) is 6.51. The van der Waals surface area contributed by atoms with Crippen LogP contribution < -0.4 is 4.74 Å². The van der Waals surface area contributed by atoms with E-state index >= 15 is 0 Å². The van der Waals surface area contributed by atoms with Gasteiger partial charge in [0.05, 0.1) is 6.61 Å². The first-order chi connectivity index (χ1) is 10.3. The number of pyridine rings is 1. The summed E-state index contributed by atoms with van der Waals surface area (Å²) in [7, 11) is 0. The van der Waals surface area contributed by atoms with Crippen LogP contribution in [0.3, 0.4) is 0 Å². The smallest absolute Gasteiger partial charge is 0.123 e. The Bertz CT molecular complexity index is 597. The molecule has 22 heavy (non-hydrogen) atoms. The van der Waals surface area contributed by atoms with Gasteiger partial charge in [0.25, 0.3) is 0 Å². The van der Waals surface area contributed by atoms with Crippen molar-refractivity contribution in [2.75, 3.05) is 6.61 Å². The van der Waals surface area contributed by atoms with Crippen molar-refractivity contribution in [2.24, 2.45) is 0 Å². The van der Waals surface area contributed by atoms with Gasteiger partial charge >= 0.3 is 0 Å². The molecule has 2 rings (SSSR count). The molecular weight excluding hydrogens is 270 g/mol. The number of nitrogens with zero attached hydrogens (tertiary/aromatic N) is 1. The van der Waals surface area contributed by atoms with E-state index in [1.165, 1.54) is 5.56 Å². The summed E-state index contributed by atoms with van der Waals surface area (Å²) in [5.74, 6) is 0.992. The Hall–Kier alpha value is -1.83. The van der Waals surface area contributed by atoms with Crippen molar-refractivity contribution in [3.05, 3.63) is 59.9 Å². The fraction of sp³-hybridized carbons (Fsp3) is 0.450. The van der Waals surface area contributed by atoms with Gasteiger partial charge in [0.1, 0.15) is 5.75 Å². The Morgan fingerprint density at radius 2 is 1.59 bits per heavy atom. The van der Waals surface area contributed by atoms with Crippen molar-refractivity contribution >= 4 is 0 Å². The minimum Gasteiger partial charge on any atom is -0.493 e. The first kappa shape index (κ1) is 16.5. The molecule has 0 saturated heterocycles. The van der Waals surface area contributed by atoms with E-state index in [1.807, 2.05) is 24.4 Å². The first-order valence-electron chi connectivity index (χ1n) is 7.94. The van der Waals surface area contributed by atoms with Crippen LogP contribution in [-0.2, 0) is 10.8 Å². The molecule has 0 atom stereocenters. The van der Waals surface area contributed by atoms with Gasteiger partial charge in [-0.2, -0.15) is 0 Å². The third kappa shape index (κ3) is 4.09. The van der Waals surface area contributed by atoms with Crippen LogP contribution in [0, 0.1) is 0 Å². The fourth-order valence-corrected chi connectivity index (χ4v) is 2.52. The Labute approximate surface area is 134 Å². The van der Waals surface area contributed by atoms with E-state index < -0.39 is 0 Å². The highest BCUT2D eigenvalue weighted by molar-refractivity contribution is 5.38. The lowest BCUT2D eigenvalue weighted by atomic mass is 9.85. The highest BCUT2D eigenvalue weighted by atomic mass is 16.5. The molecule has 0 fully saturated rings. The minimum atomic E-state index is 0.0118. The molecule has 1 heterocycles. The third-order valence-electron chi connectivity index (χ3n) is 4.04. The van der Waals surface area contributed by atoms with Crippen LogP contribution in [0.25, 0.3) is 0 Å². The quantitative estimate of drug-likeness (QED) is 0.763. The Kier molecular flexibility index (Phi) is 4.90. The Balaban J connectivity index is 2.03. The Morgan fingerprint density at radius 1 is 0.909 bits per heavy atom. The summed E-state index contributed by atoms with van der Waals surface area (Å²) in [4.78, 5) is 4.48. The molecule has 0 spiro atoms. The van der Waals surface area contributed by atoms with Crippen LogP contribution in [-0.4, -0.2) is 11.6 Å². The summed E-state index contributed by atoms with van der Waals surface area (Å²) in [5.41, 5.74) is 2.47. The van der Waals surface area contributed by atoms with Gasteiger partial charge in [-0.25, -0.2) is 0 Å². The molecule has 0 aliphatic heterocycles. The van der Waals surface area contributed by atoms with Gasteiger partial charge in [-0.1, -0.05) is 58.9 Å². The number of rotatable bonds is 5. The molecule has 0 amide bonds. The zero-order chi connectivity index (χ0) is 16.2. The predicted molar refractivity (Wildman–Crippen MR) is 92.5 cm³/mol. The molecule has 0 saturated carbocycles. The molecule has 1 aromatic carbocycles. The largest absolute Gasteiger partial charge is 0.493 e. The van der Waals surface area contributed by atoms with Crippen molar-refractivity contribution in [1.82, 2.24) is 4.98 Å². The van der Waals surface area contributed by atoms with Gasteiger partial charge in [0, 0.05) is 17.3 Å². The topological polar surface area (TPSA) is 22.1 Å². The molecule has 0 unspecified atom stereocenters. The van der Waals surface area contributed by atoms with Gasteiger partial charge in [-0.05, 0) is 35.6 Å². The monoisotopic (exact) mass is 297 g/mol. The Morgan fingerprint density at radius 3 is 2.23 bits per heavy atom. The van der Waals surface area contributed by atoms with Crippen LogP contribution >= 0.6 is 0 Å². The number of hydrogen-bond acceptors (Lipinski definition) is 2. The molecule has 2 aromatic rings. The van der Waals surface area contributed by atoms with Crippen LogP contribution in [0.4, 0.5) is 0 Å². The normalized spacial score (nSPS) is 12.2. The van der Waals surface area contributed by atoms with Crippen LogP contribution in [0.1, 0.15) is 52.3 Å². The van der Waals surface area contributed by atoms with Crippen molar-refractivity contribution in [3.63, 3.8) is 0 Å². The second-order valence-electron chi connectivity index (χ2n) is 7.44. The molecule has 0 N–H and O–H groups in total. The van der Waals surface area contributed by atoms with Gasteiger partial charge in [0.15, 0.2) is 0 Å². The second-order valence-corrected chi connectivity index (χ2v) is 7.44.